The molecule has 0 saturated heterocycles. The zero-order chi connectivity index (χ0) is 12.5. The minimum Gasteiger partial charge on any atom is -0.383 e. The predicted octanol–water partition coefficient (Wildman–Crippen LogP) is 1.15. The number of pyridine rings is 1. The fourth-order valence-corrected chi connectivity index (χ4v) is 1.21. The molecule has 0 fully saturated rings. The van der Waals surface area contributed by atoms with Gasteiger partial charge < -0.3 is 15.4 Å². The van der Waals surface area contributed by atoms with Crippen LogP contribution in [0.1, 0.15) is 5.69 Å². The molecule has 0 bridgehead atoms. The van der Waals surface area contributed by atoms with E-state index >= 15 is 0 Å². The van der Waals surface area contributed by atoms with Gasteiger partial charge in [0.2, 0.25) is 0 Å². The van der Waals surface area contributed by atoms with Gasteiger partial charge in [0.1, 0.15) is 5.82 Å². The van der Waals surface area contributed by atoms with Crippen molar-refractivity contribution in [3.63, 3.8) is 0 Å². The fourth-order valence-electron chi connectivity index (χ4n) is 1.21. The third kappa shape index (κ3) is 6.10. The zero-order valence-electron chi connectivity index (χ0n) is 10.4. The average Bonchev–Trinajstić information content (AvgIpc) is 2.35. The lowest BCUT2D eigenvalue weighted by Crippen LogP contribution is -2.38. The molecule has 0 aliphatic rings. The van der Waals surface area contributed by atoms with Crippen molar-refractivity contribution >= 4 is 29.9 Å². The minimum atomic E-state index is -0.327. The maximum atomic E-state index is 13.3. The first kappa shape index (κ1) is 17.0. The van der Waals surface area contributed by atoms with Crippen LogP contribution in [0.2, 0.25) is 0 Å². The molecule has 0 aliphatic heterocycles. The monoisotopic (exact) mass is 368 g/mol. The molecular formula is C11H18FIN4O. The molecule has 1 heterocycles. The molecule has 1 rings (SSSR count). The van der Waals surface area contributed by atoms with Gasteiger partial charge in [0.25, 0.3) is 0 Å². The van der Waals surface area contributed by atoms with E-state index in [4.69, 9.17) is 4.74 Å². The van der Waals surface area contributed by atoms with Gasteiger partial charge in [-0.15, -0.1) is 24.0 Å². The lowest BCUT2D eigenvalue weighted by Gasteiger charge is -2.11. The molecule has 0 saturated carbocycles. The third-order valence-electron chi connectivity index (χ3n) is 2.08. The van der Waals surface area contributed by atoms with Crippen LogP contribution in [0.25, 0.3) is 0 Å². The summed E-state index contributed by atoms with van der Waals surface area (Å²) in [5.74, 6) is 0.263. The van der Waals surface area contributed by atoms with Crippen LogP contribution in [-0.2, 0) is 11.3 Å². The van der Waals surface area contributed by atoms with Crippen molar-refractivity contribution in [3.05, 3.63) is 29.8 Å². The normalized spacial score (nSPS) is 10.7. The van der Waals surface area contributed by atoms with Crippen molar-refractivity contribution in [3.8, 4) is 0 Å². The van der Waals surface area contributed by atoms with Gasteiger partial charge in [0, 0.05) is 26.9 Å². The summed E-state index contributed by atoms with van der Waals surface area (Å²) in [5, 5.41) is 5.99. The largest absolute Gasteiger partial charge is 0.383 e. The van der Waals surface area contributed by atoms with E-state index in [2.05, 4.69) is 20.6 Å². The Morgan fingerprint density at radius 1 is 1.50 bits per heavy atom. The molecule has 7 heteroatoms. The summed E-state index contributed by atoms with van der Waals surface area (Å²) in [5.41, 5.74) is 0.363. The highest BCUT2D eigenvalue weighted by molar-refractivity contribution is 14.0. The van der Waals surface area contributed by atoms with E-state index < -0.39 is 0 Å². The first-order valence-corrected chi connectivity index (χ1v) is 5.30. The number of rotatable bonds is 5. The molecule has 1 aromatic rings. The van der Waals surface area contributed by atoms with Crippen LogP contribution in [0, 0.1) is 5.82 Å². The van der Waals surface area contributed by atoms with Crippen molar-refractivity contribution in [2.45, 2.75) is 6.54 Å². The van der Waals surface area contributed by atoms with Gasteiger partial charge in [-0.25, -0.2) is 4.39 Å². The van der Waals surface area contributed by atoms with E-state index in [0.717, 1.165) is 0 Å². The Bertz CT molecular complexity index is 376. The number of halogens is 2. The Morgan fingerprint density at radius 3 is 2.89 bits per heavy atom. The quantitative estimate of drug-likeness (QED) is 0.354. The second-order valence-electron chi connectivity index (χ2n) is 3.28. The van der Waals surface area contributed by atoms with E-state index in [1.807, 2.05) is 0 Å². The topological polar surface area (TPSA) is 58.5 Å². The van der Waals surface area contributed by atoms with Crippen LogP contribution in [0.15, 0.2) is 23.3 Å². The van der Waals surface area contributed by atoms with Crippen molar-refractivity contribution in [1.82, 2.24) is 15.6 Å². The van der Waals surface area contributed by atoms with Crippen LogP contribution in [-0.4, -0.2) is 38.3 Å². The second-order valence-corrected chi connectivity index (χ2v) is 3.28. The minimum absolute atomic E-state index is 0. The van der Waals surface area contributed by atoms with Crippen molar-refractivity contribution < 1.29 is 9.13 Å². The van der Waals surface area contributed by atoms with E-state index in [9.17, 15) is 4.39 Å². The summed E-state index contributed by atoms with van der Waals surface area (Å²) < 4.78 is 18.2. The number of nitrogens with zero attached hydrogens (tertiary/aromatic N) is 2. The molecule has 0 unspecified atom stereocenters. The van der Waals surface area contributed by atoms with E-state index in [1.165, 1.54) is 6.07 Å². The van der Waals surface area contributed by atoms with Gasteiger partial charge in [0.05, 0.1) is 18.8 Å². The molecule has 2 N–H and O–H groups in total. The molecule has 0 aliphatic carbocycles. The van der Waals surface area contributed by atoms with Gasteiger partial charge in [-0.05, 0) is 12.1 Å². The summed E-state index contributed by atoms with van der Waals surface area (Å²) in [6.45, 7) is 1.51. The van der Waals surface area contributed by atoms with E-state index in [0.29, 0.717) is 31.3 Å². The number of ether oxygens (including phenoxy) is 1. The highest BCUT2D eigenvalue weighted by Crippen LogP contribution is 2.01. The number of nitrogens with one attached hydrogen (secondary N) is 2. The number of hydrogen-bond acceptors (Lipinski definition) is 3. The molecule has 0 aromatic carbocycles. The molecular weight excluding hydrogens is 350 g/mol. The molecule has 5 nitrogen and oxygen atoms in total. The maximum Gasteiger partial charge on any atom is 0.191 e. The van der Waals surface area contributed by atoms with Crippen LogP contribution in [0.4, 0.5) is 4.39 Å². The fraction of sp³-hybridized carbons (Fsp3) is 0.455. The summed E-state index contributed by atoms with van der Waals surface area (Å²) in [6, 6.07) is 2.94. The van der Waals surface area contributed by atoms with Crippen molar-refractivity contribution in [2.24, 2.45) is 4.99 Å². The smallest absolute Gasteiger partial charge is 0.191 e. The summed E-state index contributed by atoms with van der Waals surface area (Å²) in [4.78, 5) is 7.93. The number of aliphatic imine (C=N–C) groups is 1. The Morgan fingerprint density at radius 2 is 2.28 bits per heavy atom. The number of methoxy groups -OCH3 is 1. The molecule has 0 spiro atoms. The van der Waals surface area contributed by atoms with E-state index in [1.54, 1.807) is 26.4 Å². The molecule has 0 atom stereocenters. The Kier molecular flexibility index (Phi) is 9.47. The van der Waals surface area contributed by atoms with Crippen molar-refractivity contribution in [1.29, 1.82) is 0 Å². The summed E-state index contributed by atoms with van der Waals surface area (Å²) in [7, 11) is 3.28. The highest BCUT2D eigenvalue weighted by atomic mass is 127. The van der Waals surface area contributed by atoms with Crippen molar-refractivity contribution in [2.75, 3.05) is 27.3 Å². The Balaban J connectivity index is 0.00000289. The Hall–Kier alpha value is -0.960. The first-order chi connectivity index (χ1) is 8.27. The standard InChI is InChI=1S/C11H17FN4O.HI/c1-13-11(15-6-7-17-2)16-8-10-9(12)4-3-5-14-10;/h3-5H,6-8H2,1-2H3,(H2,13,15,16);1H. The van der Waals surface area contributed by atoms with E-state index in [-0.39, 0.29) is 29.8 Å². The lowest BCUT2D eigenvalue weighted by atomic mass is 10.3. The molecule has 0 radical (unpaired) electrons. The van der Waals surface area contributed by atoms with Crippen LogP contribution >= 0.6 is 24.0 Å². The molecule has 1 aromatic heterocycles. The first-order valence-electron chi connectivity index (χ1n) is 5.30. The number of guanidine groups is 1. The number of hydrogen-bond donors (Lipinski definition) is 2. The van der Waals surface area contributed by atoms with Crippen LogP contribution in [0.5, 0.6) is 0 Å². The second kappa shape index (κ2) is 10.0. The SMILES string of the molecule is CN=C(NCCOC)NCc1ncccc1F.I. The van der Waals surface area contributed by atoms with Gasteiger partial charge in [0.15, 0.2) is 5.96 Å². The highest BCUT2D eigenvalue weighted by Gasteiger charge is 2.03. The summed E-state index contributed by atoms with van der Waals surface area (Å²) in [6.07, 6.45) is 1.56. The van der Waals surface area contributed by atoms with Crippen LogP contribution in [0.3, 0.4) is 0 Å². The predicted molar refractivity (Wildman–Crippen MR) is 79.7 cm³/mol. The van der Waals surface area contributed by atoms with Gasteiger partial charge >= 0.3 is 0 Å². The average molecular weight is 368 g/mol. The molecule has 102 valence electrons. The maximum absolute atomic E-state index is 13.3. The van der Waals surface area contributed by atoms with Gasteiger partial charge in [-0.3, -0.25) is 9.98 Å². The molecule has 0 amide bonds. The Labute approximate surface area is 123 Å². The van der Waals surface area contributed by atoms with Gasteiger partial charge in [-0.1, -0.05) is 0 Å². The third-order valence-corrected chi connectivity index (χ3v) is 2.08. The molecule has 18 heavy (non-hydrogen) atoms. The number of aromatic nitrogens is 1. The van der Waals surface area contributed by atoms with Crippen LogP contribution < -0.4 is 10.6 Å². The van der Waals surface area contributed by atoms with Gasteiger partial charge in [-0.2, -0.15) is 0 Å². The zero-order valence-corrected chi connectivity index (χ0v) is 12.8. The lowest BCUT2D eigenvalue weighted by molar-refractivity contribution is 0.203. The summed E-state index contributed by atoms with van der Waals surface area (Å²) >= 11 is 0.